The second kappa shape index (κ2) is 5.09. The van der Waals surface area contributed by atoms with Crippen LogP contribution in [0.15, 0.2) is 24.3 Å². The molecule has 0 radical (unpaired) electrons. The van der Waals surface area contributed by atoms with Gasteiger partial charge in [0.15, 0.2) is 0 Å². The summed E-state index contributed by atoms with van der Waals surface area (Å²) in [5.74, 6) is 0.622. The molecule has 2 nitrogen and oxygen atoms in total. The highest BCUT2D eigenvalue weighted by molar-refractivity contribution is 5.49. The van der Waals surface area contributed by atoms with Gasteiger partial charge in [0.25, 0.3) is 0 Å². The standard InChI is InChI=1S/C15H24N2/c1-12(2)13-5-7-14(8-6-13)17-10-9-15(11-17)16(3)4/h5-8,12,15H,9-11H2,1-4H3/t15-/m0/s1. The Morgan fingerprint density at radius 3 is 2.29 bits per heavy atom. The lowest BCUT2D eigenvalue weighted by atomic mass is 10.0. The minimum absolute atomic E-state index is 0.622. The summed E-state index contributed by atoms with van der Waals surface area (Å²) in [7, 11) is 4.35. The average Bonchev–Trinajstić information content (AvgIpc) is 2.78. The number of rotatable bonds is 3. The molecule has 0 unspecified atom stereocenters. The first kappa shape index (κ1) is 12.4. The molecule has 0 aromatic heterocycles. The van der Waals surface area contributed by atoms with Gasteiger partial charge in [0.2, 0.25) is 0 Å². The average molecular weight is 232 g/mol. The van der Waals surface area contributed by atoms with Crippen molar-refractivity contribution >= 4 is 5.69 Å². The van der Waals surface area contributed by atoms with Gasteiger partial charge in [0, 0.05) is 24.8 Å². The van der Waals surface area contributed by atoms with Crippen molar-refractivity contribution in [1.82, 2.24) is 4.90 Å². The molecule has 0 bridgehead atoms. The Hall–Kier alpha value is -1.02. The van der Waals surface area contributed by atoms with Crippen molar-refractivity contribution in [3.05, 3.63) is 29.8 Å². The van der Waals surface area contributed by atoms with Crippen molar-refractivity contribution in [3.63, 3.8) is 0 Å². The van der Waals surface area contributed by atoms with Gasteiger partial charge in [0.1, 0.15) is 0 Å². The van der Waals surface area contributed by atoms with Gasteiger partial charge in [-0.05, 0) is 44.1 Å². The zero-order valence-corrected chi connectivity index (χ0v) is 11.5. The lowest BCUT2D eigenvalue weighted by molar-refractivity contribution is 0.315. The number of likely N-dealkylation sites (N-methyl/N-ethyl adjacent to an activating group) is 1. The summed E-state index contributed by atoms with van der Waals surface area (Å²) in [6, 6.07) is 9.78. The van der Waals surface area contributed by atoms with E-state index in [1.54, 1.807) is 0 Å². The minimum atomic E-state index is 0.622. The molecule has 94 valence electrons. The number of nitrogens with zero attached hydrogens (tertiary/aromatic N) is 2. The Morgan fingerprint density at radius 1 is 1.18 bits per heavy atom. The molecule has 0 spiro atoms. The molecule has 0 aliphatic carbocycles. The molecule has 1 aromatic rings. The van der Waals surface area contributed by atoms with Gasteiger partial charge >= 0.3 is 0 Å². The lowest BCUT2D eigenvalue weighted by Gasteiger charge is -2.22. The summed E-state index contributed by atoms with van der Waals surface area (Å²) in [5, 5.41) is 0. The molecule has 0 saturated carbocycles. The lowest BCUT2D eigenvalue weighted by Crippen LogP contribution is -2.31. The molecule has 0 amide bonds. The van der Waals surface area contributed by atoms with E-state index in [0.29, 0.717) is 12.0 Å². The molecule has 0 N–H and O–H groups in total. The quantitative estimate of drug-likeness (QED) is 0.790. The van der Waals surface area contributed by atoms with Crippen LogP contribution >= 0.6 is 0 Å². The maximum absolute atomic E-state index is 2.49. The molecule has 2 heteroatoms. The van der Waals surface area contributed by atoms with Crippen LogP contribution in [0.3, 0.4) is 0 Å². The van der Waals surface area contributed by atoms with E-state index in [2.05, 4.69) is 62.0 Å². The molecular formula is C15H24N2. The van der Waals surface area contributed by atoms with Crippen molar-refractivity contribution in [2.45, 2.75) is 32.2 Å². The summed E-state index contributed by atoms with van der Waals surface area (Å²) in [5.41, 5.74) is 2.80. The Balaban J connectivity index is 2.04. The van der Waals surface area contributed by atoms with Crippen LogP contribution in [0.4, 0.5) is 5.69 Å². The molecule has 1 aliphatic heterocycles. The third kappa shape index (κ3) is 2.81. The molecule has 1 saturated heterocycles. The van der Waals surface area contributed by atoms with Crippen LogP contribution in [-0.2, 0) is 0 Å². The Kier molecular flexibility index (Phi) is 3.72. The van der Waals surface area contributed by atoms with Crippen molar-refractivity contribution in [3.8, 4) is 0 Å². The third-order valence-corrected chi connectivity index (χ3v) is 3.82. The van der Waals surface area contributed by atoms with Crippen LogP contribution in [0, 0.1) is 0 Å². The molecular weight excluding hydrogens is 208 g/mol. The van der Waals surface area contributed by atoms with Crippen LogP contribution in [0.25, 0.3) is 0 Å². The van der Waals surface area contributed by atoms with Gasteiger partial charge in [-0.2, -0.15) is 0 Å². The summed E-state index contributed by atoms with van der Waals surface area (Å²) >= 11 is 0. The molecule has 1 heterocycles. The largest absolute Gasteiger partial charge is 0.370 e. The van der Waals surface area contributed by atoms with E-state index in [9.17, 15) is 0 Å². The smallest absolute Gasteiger partial charge is 0.0366 e. The Labute approximate surface area is 105 Å². The molecule has 1 aliphatic rings. The van der Waals surface area contributed by atoms with Crippen LogP contribution in [0.1, 0.15) is 31.7 Å². The summed E-state index contributed by atoms with van der Waals surface area (Å²) in [6.07, 6.45) is 1.28. The van der Waals surface area contributed by atoms with E-state index in [1.165, 1.54) is 24.2 Å². The SMILES string of the molecule is CC(C)c1ccc(N2CC[C@H](N(C)C)C2)cc1. The fourth-order valence-corrected chi connectivity index (χ4v) is 2.47. The number of anilines is 1. The van der Waals surface area contributed by atoms with Crippen LogP contribution in [0.5, 0.6) is 0 Å². The molecule has 1 fully saturated rings. The van der Waals surface area contributed by atoms with Gasteiger partial charge in [-0.3, -0.25) is 0 Å². The molecule has 2 rings (SSSR count). The van der Waals surface area contributed by atoms with Crippen LogP contribution in [0.2, 0.25) is 0 Å². The van der Waals surface area contributed by atoms with Crippen molar-refractivity contribution in [2.75, 3.05) is 32.1 Å². The van der Waals surface area contributed by atoms with Crippen molar-refractivity contribution < 1.29 is 0 Å². The van der Waals surface area contributed by atoms with Crippen molar-refractivity contribution in [2.24, 2.45) is 0 Å². The van der Waals surface area contributed by atoms with E-state index in [0.717, 1.165) is 6.54 Å². The van der Waals surface area contributed by atoms with Gasteiger partial charge in [-0.1, -0.05) is 26.0 Å². The predicted molar refractivity (Wildman–Crippen MR) is 74.8 cm³/mol. The topological polar surface area (TPSA) is 6.48 Å². The summed E-state index contributed by atoms with van der Waals surface area (Å²) in [4.78, 5) is 4.83. The normalized spacial score (nSPS) is 20.6. The van der Waals surface area contributed by atoms with Gasteiger partial charge in [-0.15, -0.1) is 0 Å². The number of hydrogen-bond donors (Lipinski definition) is 0. The van der Waals surface area contributed by atoms with Gasteiger partial charge in [0.05, 0.1) is 0 Å². The first-order valence-corrected chi connectivity index (χ1v) is 6.59. The van der Waals surface area contributed by atoms with Crippen LogP contribution in [-0.4, -0.2) is 38.1 Å². The highest BCUT2D eigenvalue weighted by atomic mass is 15.2. The summed E-state index contributed by atoms with van der Waals surface area (Å²) in [6.45, 7) is 6.83. The first-order chi connectivity index (χ1) is 8.08. The summed E-state index contributed by atoms with van der Waals surface area (Å²) < 4.78 is 0. The third-order valence-electron chi connectivity index (χ3n) is 3.82. The monoisotopic (exact) mass is 232 g/mol. The second-order valence-electron chi connectivity index (χ2n) is 5.60. The predicted octanol–water partition coefficient (Wildman–Crippen LogP) is 2.95. The number of hydrogen-bond acceptors (Lipinski definition) is 2. The Morgan fingerprint density at radius 2 is 1.82 bits per heavy atom. The molecule has 1 aromatic carbocycles. The first-order valence-electron chi connectivity index (χ1n) is 6.59. The zero-order chi connectivity index (χ0) is 12.4. The molecule has 17 heavy (non-hydrogen) atoms. The van der Waals surface area contributed by atoms with Crippen LogP contribution < -0.4 is 4.90 Å². The fourth-order valence-electron chi connectivity index (χ4n) is 2.47. The molecule has 1 atom stereocenters. The van der Waals surface area contributed by atoms with Crippen molar-refractivity contribution in [1.29, 1.82) is 0 Å². The Bertz CT molecular complexity index is 354. The highest BCUT2D eigenvalue weighted by Gasteiger charge is 2.23. The fraction of sp³-hybridized carbons (Fsp3) is 0.600. The van der Waals surface area contributed by atoms with E-state index in [-0.39, 0.29) is 0 Å². The zero-order valence-electron chi connectivity index (χ0n) is 11.5. The van der Waals surface area contributed by atoms with E-state index in [1.807, 2.05) is 0 Å². The van der Waals surface area contributed by atoms with E-state index < -0.39 is 0 Å². The van der Waals surface area contributed by atoms with Gasteiger partial charge in [-0.25, -0.2) is 0 Å². The number of benzene rings is 1. The second-order valence-corrected chi connectivity index (χ2v) is 5.60. The maximum Gasteiger partial charge on any atom is 0.0366 e. The maximum atomic E-state index is 2.49. The highest BCUT2D eigenvalue weighted by Crippen LogP contribution is 2.24. The minimum Gasteiger partial charge on any atom is -0.370 e. The van der Waals surface area contributed by atoms with E-state index in [4.69, 9.17) is 0 Å². The van der Waals surface area contributed by atoms with E-state index >= 15 is 0 Å². The van der Waals surface area contributed by atoms with Gasteiger partial charge < -0.3 is 9.80 Å².